The van der Waals surface area contributed by atoms with Crippen LogP contribution in [0.25, 0.3) is 78.2 Å². The van der Waals surface area contributed by atoms with Gasteiger partial charge in [0.2, 0.25) is 0 Å². The molecule has 2 aromatic heterocycles. The van der Waals surface area contributed by atoms with Crippen molar-refractivity contribution >= 4 is 21.7 Å². The van der Waals surface area contributed by atoms with Gasteiger partial charge in [0.05, 0.1) is 11.2 Å². The molecule has 8 aromatic rings. The van der Waals surface area contributed by atoms with Crippen LogP contribution in [0, 0.1) is 0 Å². The lowest BCUT2D eigenvalue weighted by Gasteiger charge is -2.10. The van der Waals surface area contributed by atoms with Gasteiger partial charge >= 0.3 is 0 Å². The van der Waals surface area contributed by atoms with Crippen molar-refractivity contribution < 1.29 is 0 Å². The van der Waals surface area contributed by atoms with Crippen LogP contribution < -0.4 is 0 Å². The fraction of sp³-hybridized carbons (Fsp3) is 0. The van der Waals surface area contributed by atoms with Gasteiger partial charge in [0.25, 0.3) is 0 Å². The van der Waals surface area contributed by atoms with Crippen molar-refractivity contribution in [1.29, 1.82) is 0 Å². The van der Waals surface area contributed by atoms with Gasteiger partial charge in [-0.25, -0.2) is 19.9 Å². The highest BCUT2D eigenvalue weighted by atomic mass is 15.0. The Morgan fingerprint density at radius 1 is 0.273 bits per heavy atom. The van der Waals surface area contributed by atoms with Gasteiger partial charge < -0.3 is 0 Å². The highest BCUT2D eigenvalue weighted by Gasteiger charge is 2.13. The average molecular weight is 563 g/mol. The molecule has 0 spiro atoms. The predicted octanol–water partition coefficient (Wildman–Crippen LogP) is 9.91. The van der Waals surface area contributed by atoms with Crippen LogP contribution in [0.4, 0.5) is 0 Å². The lowest BCUT2D eigenvalue weighted by molar-refractivity contribution is 1.07. The van der Waals surface area contributed by atoms with Gasteiger partial charge in [0.1, 0.15) is 0 Å². The van der Waals surface area contributed by atoms with E-state index >= 15 is 0 Å². The van der Waals surface area contributed by atoms with E-state index in [2.05, 4.69) is 121 Å². The minimum atomic E-state index is 0.630. The summed E-state index contributed by atoms with van der Waals surface area (Å²) in [6.07, 6.45) is 0. The minimum Gasteiger partial charge on any atom is -0.248 e. The summed E-state index contributed by atoms with van der Waals surface area (Å²) in [4.78, 5) is 19.7. The Hall–Kier alpha value is -6.00. The van der Waals surface area contributed by atoms with Crippen LogP contribution >= 0.6 is 0 Å². The molecule has 0 radical (unpaired) electrons. The summed E-state index contributed by atoms with van der Waals surface area (Å²) in [5.74, 6) is 1.91. The number of nitrogens with zero attached hydrogens (tertiary/aromatic N) is 4. The molecule has 0 unspecified atom stereocenters. The zero-order valence-electron chi connectivity index (χ0n) is 23.8. The van der Waals surface area contributed by atoms with E-state index < -0.39 is 0 Å². The van der Waals surface area contributed by atoms with Crippen molar-refractivity contribution in [3.05, 3.63) is 158 Å². The Labute approximate surface area is 255 Å². The summed E-state index contributed by atoms with van der Waals surface area (Å²) >= 11 is 0. The molecule has 0 bridgehead atoms. The highest BCUT2D eigenvalue weighted by molar-refractivity contribution is 5.97. The molecule has 0 N–H and O–H groups in total. The monoisotopic (exact) mass is 562 g/mol. The molecule has 0 amide bonds. The number of benzene rings is 6. The van der Waals surface area contributed by atoms with Gasteiger partial charge in [-0.2, -0.15) is 0 Å². The van der Waals surface area contributed by atoms with Gasteiger partial charge in [-0.15, -0.1) is 0 Å². The molecular formula is C40H26N4. The van der Waals surface area contributed by atoms with E-state index in [1.165, 1.54) is 16.3 Å². The van der Waals surface area contributed by atoms with Crippen LogP contribution in [-0.4, -0.2) is 19.9 Å². The third-order valence-corrected chi connectivity index (χ3v) is 7.91. The van der Waals surface area contributed by atoms with Crippen LogP contribution in [0.1, 0.15) is 0 Å². The molecule has 0 aliphatic carbocycles. The van der Waals surface area contributed by atoms with Gasteiger partial charge in [0.15, 0.2) is 17.5 Å². The summed E-state index contributed by atoms with van der Waals surface area (Å²) in [5, 5.41) is 3.54. The van der Waals surface area contributed by atoms with Gasteiger partial charge in [0, 0.05) is 27.6 Å². The van der Waals surface area contributed by atoms with Crippen LogP contribution in [0.15, 0.2) is 158 Å². The Morgan fingerprint density at radius 2 is 0.705 bits per heavy atom. The number of pyridine rings is 1. The molecule has 4 heteroatoms. The van der Waals surface area contributed by atoms with Gasteiger partial charge in [-0.05, 0) is 40.1 Å². The number of aromatic nitrogens is 4. The second kappa shape index (κ2) is 11.0. The lowest BCUT2D eigenvalue weighted by Crippen LogP contribution is -2.00. The van der Waals surface area contributed by atoms with Crippen molar-refractivity contribution in [1.82, 2.24) is 19.9 Å². The zero-order valence-corrected chi connectivity index (χ0v) is 23.8. The number of rotatable bonds is 5. The fourth-order valence-electron chi connectivity index (χ4n) is 5.56. The fourth-order valence-corrected chi connectivity index (χ4v) is 5.56. The largest absolute Gasteiger partial charge is 0.248 e. The standard InChI is InChI=1S/C40H26N4/c1-3-9-27(10-4-1)28-15-19-31(20-16-28)39-42-38(30-11-5-2-6-12-30)43-40(44-39)32-21-17-29(18-22-32)36-24-23-35-25-33-13-7-8-14-34(33)26-37(35)41-36/h1-26H. The van der Waals surface area contributed by atoms with E-state index in [0.717, 1.165) is 44.4 Å². The molecule has 0 aliphatic rings. The molecule has 8 rings (SSSR count). The first-order valence-electron chi connectivity index (χ1n) is 14.6. The second-order valence-corrected chi connectivity index (χ2v) is 10.8. The minimum absolute atomic E-state index is 0.630. The lowest BCUT2D eigenvalue weighted by atomic mass is 10.0. The average Bonchev–Trinajstić information content (AvgIpc) is 3.11. The van der Waals surface area contributed by atoms with Gasteiger partial charge in [-0.3, -0.25) is 0 Å². The maximum atomic E-state index is 4.99. The van der Waals surface area contributed by atoms with E-state index in [4.69, 9.17) is 19.9 Å². The third-order valence-electron chi connectivity index (χ3n) is 7.91. The summed E-state index contributed by atoms with van der Waals surface area (Å²) in [6.45, 7) is 0. The summed E-state index contributed by atoms with van der Waals surface area (Å²) in [5.41, 5.74) is 8.09. The molecular weight excluding hydrogens is 536 g/mol. The van der Waals surface area contributed by atoms with E-state index in [9.17, 15) is 0 Å². The SMILES string of the molecule is c1ccc(-c2ccc(-c3nc(-c4ccccc4)nc(-c4ccc(-c5ccc6cc7ccccc7cc6n5)cc4)n3)cc2)cc1. The number of hydrogen-bond acceptors (Lipinski definition) is 4. The molecule has 206 valence electrons. The molecule has 44 heavy (non-hydrogen) atoms. The van der Waals surface area contributed by atoms with E-state index in [-0.39, 0.29) is 0 Å². The Balaban J connectivity index is 1.16. The molecule has 0 saturated heterocycles. The van der Waals surface area contributed by atoms with Crippen molar-refractivity contribution in [2.45, 2.75) is 0 Å². The normalized spacial score (nSPS) is 11.2. The topological polar surface area (TPSA) is 51.6 Å². The van der Waals surface area contributed by atoms with Crippen molar-refractivity contribution in [2.24, 2.45) is 0 Å². The van der Waals surface area contributed by atoms with E-state index in [1.54, 1.807) is 0 Å². The Morgan fingerprint density at radius 3 is 1.30 bits per heavy atom. The van der Waals surface area contributed by atoms with Crippen molar-refractivity contribution in [3.8, 4) is 56.5 Å². The molecule has 2 heterocycles. The summed E-state index contributed by atoms with van der Waals surface area (Å²) in [6, 6.07) is 54.1. The molecule has 0 saturated carbocycles. The molecule has 6 aromatic carbocycles. The molecule has 4 nitrogen and oxygen atoms in total. The molecule has 0 atom stereocenters. The maximum Gasteiger partial charge on any atom is 0.164 e. The van der Waals surface area contributed by atoms with Gasteiger partial charge in [-0.1, -0.05) is 140 Å². The van der Waals surface area contributed by atoms with E-state index in [1.807, 2.05) is 36.4 Å². The van der Waals surface area contributed by atoms with Crippen molar-refractivity contribution in [2.75, 3.05) is 0 Å². The maximum absolute atomic E-state index is 4.99. The molecule has 0 aliphatic heterocycles. The van der Waals surface area contributed by atoms with Crippen LogP contribution in [0.3, 0.4) is 0 Å². The summed E-state index contributed by atoms with van der Waals surface area (Å²) < 4.78 is 0. The first-order chi connectivity index (χ1) is 21.8. The highest BCUT2D eigenvalue weighted by Crippen LogP contribution is 2.29. The van der Waals surface area contributed by atoms with Crippen LogP contribution in [-0.2, 0) is 0 Å². The smallest absolute Gasteiger partial charge is 0.164 e. The summed E-state index contributed by atoms with van der Waals surface area (Å²) in [7, 11) is 0. The van der Waals surface area contributed by atoms with Crippen molar-refractivity contribution in [3.63, 3.8) is 0 Å². The first kappa shape index (κ1) is 25.7. The van der Waals surface area contributed by atoms with Crippen LogP contribution in [0.5, 0.6) is 0 Å². The van der Waals surface area contributed by atoms with Crippen LogP contribution in [0.2, 0.25) is 0 Å². The zero-order chi connectivity index (χ0) is 29.3. The van der Waals surface area contributed by atoms with E-state index in [0.29, 0.717) is 17.5 Å². The second-order valence-electron chi connectivity index (χ2n) is 10.8. The number of fused-ring (bicyclic) bond motifs is 2. The Bertz CT molecular complexity index is 2240. The predicted molar refractivity (Wildman–Crippen MR) is 180 cm³/mol. The Kier molecular flexibility index (Phi) is 6.43. The quantitative estimate of drug-likeness (QED) is 0.196. The first-order valence-corrected chi connectivity index (χ1v) is 14.6. The third kappa shape index (κ3) is 4.99. The number of hydrogen-bond donors (Lipinski definition) is 0. The molecule has 0 fully saturated rings.